The van der Waals surface area contributed by atoms with Gasteiger partial charge in [0.25, 0.3) is 0 Å². The van der Waals surface area contributed by atoms with E-state index in [2.05, 4.69) is 41.5 Å². The first-order valence-corrected chi connectivity index (χ1v) is 6.97. The summed E-state index contributed by atoms with van der Waals surface area (Å²) >= 11 is 0. The zero-order valence-electron chi connectivity index (χ0n) is 12.1. The lowest BCUT2D eigenvalue weighted by Crippen LogP contribution is -2.14. The lowest BCUT2D eigenvalue weighted by Gasteiger charge is -2.02. The molecule has 0 aliphatic heterocycles. The largest absolute Gasteiger partial charge is 0.311 e. The second kappa shape index (κ2) is 6.52. The Morgan fingerprint density at radius 2 is 2.05 bits per heavy atom. The molecule has 0 aromatic carbocycles. The van der Waals surface area contributed by atoms with Gasteiger partial charge in [0.05, 0.1) is 23.6 Å². The molecule has 1 N–H and O–H groups in total. The molecule has 5 nitrogen and oxygen atoms in total. The fourth-order valence-corrected chi connectivity index (χ4v) is 2.04. The third-order valence-electron chi connectivity index (χ3n) is 3.14. The minimum atomic E-state index is 0.775. The molecule has 0 saturated carbocycles. The van der Waals surface area contributed by atoms with E-state index in [-0.39, 0.29) is 0 Å². The van der Waals surface area contributed by atoms with E-state index in [0.29, 0.717) is 0 Å². The summed E-state index contributed by atoms with van der Waals surface area (Å²) in [6.45, 7) is 6.94. The summed E-state index contributed by atoms with van der Waals surface area (Å²) in [6, 6.07) is 4.22. The van der Waals surface area contributed by atoms with Gasteiger partial charge in [0.2, 0.25) is 0 Å². The van der Waals surface area contributed by atoms with Crippen molar-refractivity contribution in [3.8, 4) is 0 Å². The first-order valence-electron chi connectivity index (χ1n) is 6.97. The lowest BCUT2D eigenvalue weighted by molar-refractivity contribution is 0.598. The van der Waals surface area contributed by atoms with E-state index in [1.165, 1.54) is 5.69 Å². The molecule has 0 spiro atoms. The Morgan fingerprint density at radius 1 is 1.21 bits per heavy atom. The zero-order chi connectivity index (χ0) is 13.7. The average molecular weight is 261 g/mol. The van der Waals surface area contributed by atoms with Gasteiger partial charge in [-0.05, 0) is 31.5 Å². The Morgan fingerprint density at radius 3 is 2.74 bits per heavy atom. The molecule has 5 heteroatoms. The van der Waals surface area contributed by atoms with Crippen molar-refractivity contribution in [2.24, 2.45) is 7.05 Å². The molecule has 0 fully saturated rings. The summed E-state index contributed by atoms with van der Waals surface area (Å²) in [5.74, 6) is 0. The molecule has 104 valence electrons. The van der Waals surface area contributed by atoms with Crippen molar-refractivity contribution in [1.29, 1.82) is 0 Å². The van der Waals surface area contributed by atoms with Crippen LogP contribution in [0.25, 0.3) is 0 Å². The maximum absolute atomic E-state index is 4.57. The standard InChI is InChI=1S/C14H23N5/c1-4-7-15-10-13-6-8-19(17-13)11-14-9-12(5-2)16-18(14)3/h6,8-9,15H,4-5,7,10-11H2,1-3H3. The SMILES string of the molecule is CCCNCc1ccn(Cc2cc(CC)nn2C)n1. The molecule has 2 heterocycles. The molecule has 0 aliphatic rings. The first-order chi connectivity index (χ1) is 9.22. The van der Waals surface area contributed by atoms with Crippen molar-refractivity contribution in [1.82, 2.24) is 24.9 Å². The van der Waals surface area contributed by atoms with Crippen LogP contribution in [-0.2, 0) is 26.6 Å². The van der Waals surface area contributed by atoms with Crippen molar-refractivity contribution < 1.29 is 0 Å². The molecule has 0 unspecified atom stereocenters. The number of hydrogen-bond acceptors (Lipinski definition) is 3. The highest BCUT2D eigenvalue weighted by Gasteiger charge is 2.05. The van der Waals surface area contributed by atoms with Crippen LogP contribution in [0.4, 0.5) is 0 Å². The molecule has 2 aromatic rings. The van der Waals surface area contributed by atoms with E-state index in [1.54, 1.807) is 0 Å². The van der Waals surface area contributed by atoms with Gasteiger partial charge in [-0.3, -0.25) is 9.36 Å². The van der Waals surface area contributed by atoms with Crippen LogP contribution < -0.4 is 5.32 Å². The van der Waals surface area contributed by atoms with E-state index in [0.717, 1.165) is 43.9 Å². The van der Waals surface area contributed by atoms with Gasteiger partial charge in [0.1, 0.15) is 0 Å². The monoisotopic (exact) mass is 261 g/mol. The van der Waals surface area contributed by atoms with Crippen molar-refractivity contribution in [3.05, 3.63) is 35.4 Å². The van der Waals surface area contributed by atoms with Crippen LogP contribution in [0, 0.1) is 0 Å². The van der Waals surface area contributed by atoms with Crippen LogP contribution in [0.15, 0.2) is 18.3 Å². The quantitative estimate of drug-likeness (QED) is 0.772. The summed E-state index contributed by atoms with van der Waals surface area (Å²) in [4.78, 5) is 0. The number of hydrogen-bond donors (Lipinski definition) is 1. The molecule has 2 aromatic heterocycles. The maximum Gasteiger partial charge on any atom is 0.0828 e. The summed E-state index contributed by atoms with van der Waals surface area (Å²) in [5, 5.41) is 12.4. The highest BCUT2D eigenvalue weighted by Crippen LogP contribution is 2.06. The van der Waals surface area contributed by atoms with Gasteiger partial charge in [-0.25, -0.2) is 0 Å². The van der Waals surface area contributed by atoms with Crippen molar-refractivity contribution in [3.63, 3.8) is 0 Å². The minimum Gasteiger partial charge on any atom is -0.311 e. The molecule has 2 rings (SSSR count). The molecule has 0 bridgehead atoms. The number of nitrogens with one attached hydrogen (secondary N) is 1. The Labute approximate surface area is 114 Å². The Balaban J connectivity index is 1.97. The van der Waals surface area contributed by atoms with Crippen molar-refractivity contribution in [2.45, 2.75) is 39.8 Å². The summed E-state index contributed by atoms with van der Waals surface area (Å²) in [5.41, 5.74) is 3.41. The van der Waals surface area contributed by atoms with E-state index in [4.69, 9.17) is 0 Å². The molecule has 0 aliphatic carbocycles. The van der Waals surface area contributed by atoms with Crippen LogP contribution in [0.3, 0.4) is 0 Å². The number of rotatable bonds is 7. The molecule has 0 radical (unpaired) electrons. The average Bonchev–Trinajstić information content (AvgIpc) is 2.98. The molecular weight excluding hydrogens is 238 g/mol. The Kier molecular flexibility index (Phi) is 4.74. The first kappa shape index (κ1) is 13.8. The molecule has 19 heavy (non-hydrogen) atoms. The van der Waals surface area contributed by atoms with E-state index in [1.807, 2.05) is 22.6 Å². The predicted octanol–water partition coefficient (Wildman–Crippen LogP) is 1.73. The highest BCUT2D eigenvalue weighted by molar-refractivity contribution is 5.11. The summed E-state index contributed by atoms with van der Waals surface area (Å²) in [6.07, 6.45) is 4.15. The van der Waals surface area contributed by atoms with Crippen LogP contribution in [0.5, 0.6) is 0 Å². The van der Waals surface area contributed by atoms with Crippen LogP contribution in [0.2, 0.25) is 0 Å². The second-order valence-corrected chi connectivity index (χ2v) is 4.79. The molecule has 0 atom stereocenters. The number of aromatic nitrogens is 4. The number of nitrogens with zero attached hydrogens (tertiary/aromatic N) is 4. The van der Waals surface area contributed by atoms with Crippen LogP contribution in [0.1, 0.15) is 37.4 Å². The van der Waals surface area contributed by atoms with Gasteiger partial charge >= 0.3 is 0 Å². The number of aryl methyl sites for hydroxylation is 2. The van der Waals surface area contributed by atoms with E-state index < -0.39 is 0 Å². The van der Waals surface area contributed by atoms with Crippen molar-refractivity contribution in [2.75, 3.05) is 6.54 Å². The Bertz CT molecular complexity index is 512. The summed E-state index contributed by atoms with van der Waals surface area (Å²) in [7, 11) is 1.99. The minimum absolute atomic E-state index is 0.775. The fourth-order valence-electron chi connectivity index (χ4n) is 2.04. The van der Waals surface area contributed by atoms with Gasteiger partial charge in [-0.1, -0.05) is 13.8 Å². The fraction of sp³-hybridized carbons (Fsp3) is 0.571. The van der Waals surface area contributed by atoms with Crippen molar-refractivity contribution >= 4 is 0 Å². The summed E-state index contributed by atoms with van der Waals surface area (Å²) < 4.78 is 3.91. The highest BCUT2D eigenvalue weighted by atomic mass is 15.3. The zero-order valence-corrected chi connectivity index (χ0v) is 12.1. The smallest absolute Gasteiger partial charge is 0.0828 e. The molecular formula is C14H23N5. The second-order valence-electron chi connectivity index (χ2n) is 4.79. The van der Waals surface area contributed by atoms with E-state index in [9.17, 15) is 0 Å². The van der Waals surface area contributed by atoms with E-state index >= 15 is 0 Å². The molecule has 0 saturated heterocycles. The molecule has 0 amide bonds. The third kappa shape index (κ3) is 3.67. The maximum atomic E-state index is 4.57. The predicted molar refractivity (Wildman–Crippen MR) is 75.9 cm³/mol. The third-order valence-corrected chi connectivity index (χ3v) is 3.14. The topological polar surface area (TPSA) is 47.7 Å². The lowest BCUT2D eigenvalue weighted by atomic mass is 10.3. The van der Waals surface area contributed by atoms with Crippen LogP contribution in [-0.4, -0.2) is 26.1 Å². The Hall–Kier alpha value is -1.62. The van der Waals surface area contributed by atoms with Gasteiger partial charge in [-0.15, -0.1) is 0 Å². The van der Waals surface area contributed by atoms with Gasteiger partial charge in [0.15, 0.2) is 0 Å². The van der Waals surface area contributed by atoms with Gasteiger partial charge in [-0.2, -0.15) is 10.2 Å². The van der Waals surface area contributed by atoms with Gasteiger partial charge in [0, 0.05) is 19.8 Å². The van der Waals surface area contributed by atoms with Gasteiger partial charge < -0.3 is 5.32 Å². The van der Waals surface area contributed by atoms with Crippen LogP contribution >= 0.6 is 0 Å². The normalized spacial score (nSPS) is 11.1.